The molecule has 10 heteroatoms. The lowest BCUT2D eigenvalue weighted by Crippen LogP contribution is -2.40. The van der Waals surface area contributed by atoms with Gasteiger partial charge < -0.3 is 14.9 Å². The molecule has 0 radical (unpaired) electrons. The number of ketones is 2. The topological polar surface area (TPSA) is 138 Å². The number of aliphatic carboxylic acids is 1. The summed E-state index contributed by atoms with van der Waals surface area (Å²) in [5, 5.41) is 19.5. The molecule has 9 nitrogen and oxygen atoms in total. The van der Waals surface area contributed by atoms with E-state index in [9.17, 15) is 29.1 Å². The number of Topliss-reactive ketones (excluding diaryl/α,β-unsaturated/α-hetero) is 1. The molecule has 4 unspecified atom stereocenters. The highest BCUT2D eigenvalue weighted by atomic mass is 127. The van der Waals surface area contributed by atoms with Crippen LogP contribution in [0.5, 0.6) is 11.5 Å². The number of phenols is 1. The van der Waals surface area contributed by atoms with Crippen LogP contribution in [0.3, 0.4) is 0 Å². The summed E-state index contributed by atoms with van der Waals surface area (Å²) in [5.41, 5.74) is 2.43. The number of likely N-dealkylation sites (tertiary alicyclic amines) is 1. The van der Waals surface area contributed by atoms with Crippen molar-refractivity contribution in [2.45, 2.75) is 32.1 Å². The number of carboxylic acids is 1. The smallest absolute Gasteiger partial charge is 0.305 e. The molecule has 1 fully saturated rings. The second-order valence-electron chi connectivity index (χ2n) is 9.75. The highest BCUT2D eigenvalue weighted by Gasteiger charge is 2.56. The van der Waals surface area contributed by atoms with Gasteiger partial charge in [0.25, 0.3) is 0 Å². The zero-order valence-electron chi connectivity index (χ0n) is 20.1. The predicted molar refractivity (Wildman–Crippen MR) is 138 cm³/mol. The highest BCUT2D eigenvalue weighted by molar-refractivity contribution is 14.1. The van der Waals surface area contributed by atoms with Crippen LogP contribution in [-0.2, 0) is 24.0 Å². The molecular formula is C27H24INO8. The number of nitrogens with zero attached hydrogens (tertiary/aromatic N) is 1. The monoisotopic (exact) mass is 617 g/mol. The number of hydrogen-bond donors (Lipinski definition) is 2. The van der Waals surface area contributed by atoms with E-state index in [1.165, 1.54) is 13.2 Å². The minimum Gasteiger partial charge on any atom is -0.504 e. The maximum Gasteiger partial charge on any atom is 0.305 e. The average molecular weight is 617 g/mol. The van der Waals surface area contributed by atoms with Crippen LogP contribution in [0.25, 0.3) is 0 Å². The zero-order chi connectivity index (χ0) is 26.8. The molecule has 3 aliphatic carbocycles. The first kappa shape index (κ1) is 25.4. The average Bonchev–Trinajstić information content (AvgIpc) is 3.10. The third-order valence-electron chi connectivity index (χ3n) is 7.81. The van der Waals surface area contributed by atoms with Crippen molar-refractivity contribution in [3.05, 3.63) is 55.7 Å². The molecule has 2 amide bonds. The van der Waals surface area contributed by atoms with Crippen molar-refractivity contribution >= 4 is 51.9 Å². The van der Waals surface area contributed by atoms with Gasteiger partial charge in [0.15, 0.2) is 23.1 Å². The number of halogens is 1. The van der Waals surface area contributed by atoms with E-state index < -0.39 is 41.5 Å². The SMILES string of the molecule is COc1cc(C2C3=CCC4C(=O)N(CCC(=O)O)C(=O)C4C3CC3=C2C(=O)C(C)=CC3=O)cc(I)c1O. The van der Waals surface area contributed by atoms with Gasteiger partial charge in [-0.1, -0.05) is 11.6 Å². The predicted octanol–water partition coefficient (Wildman–Crippen LogP) is 2.91. The van der Waals surface area contributed by atoms with E-state index in [-0.39, 0.29) is 48.9 Å². The number of methoxy groups -OCH3 is 1. The molecule has 4 aliphatic rings. The molecule has 0 aromatic heterocycles. The molecule has 0 saturated carbocycles. The van der Waals surface area contributed by atoms with E-state index in [4.69, 9.17) is 9.84 Å². The summed E-state index contributed by atoms with van der Waals surface area (Å²) in [5.74, 6) is -4.86. The summed E-state index contributed by atoms with van der Waals surface area (Å²) in [7, 11) is 1.42. The van der Waals surface area contributed by atoms with Gasteiger partial charge in [-0.2, -0.15) is 0 Å². The number of benzene rings is 1. The standard InChI is InChI=1S/C27H24INO8/c1-11-7-18(30)16-10-15-13(3-4-14-22(15)27(36)29(26(14)35)6-5-20(31)32)21(23(16)24(11)33)12-8-17(28)25(34)19(9-12)37-2/h3,7-9,14-15,21-22,34H,4-6,10H2,1-2H3,(H,31,32). The van der Waals surface area contributed by atoms with E-state index in [0.29, 0.717) is 25.9 Å². The van der Waals surface area contributed by atoms with Gasteiger partial charge in [-0.3, -0.25) is 28.9 Å². The Hall–Kier alpha value is -3.28. The first-order chi connectivity index (χ1) is 17.5. The Labute approximate surface area is 226 Å². The largest absolute Gasteiger partial charge is 0.504 e. The summed E-state index contributed by atoms with van der Waals surface area (Å²) < 4.78 is 5.85. The number of hydrogen-bond acceptors (Lipinski definition) is 7. The molecule has 2 N–H and O–H groups in total. The number of amides is 2. The van der Waals surface area contributed by atoms with Crippen molar-refractivity contribution in [3.8, 4) is 11.5 Å². The quantitative estimate of drug-likeness (QED) is 0.223. The molecule has 5 rings (SSSR count). The van der Waals surface area contributed by atoms with Gasteiger partial charge in [-0.15, -0.1) is 0 Å². The maximum atomic E-state index is 13.5. The lowest BCUT2D eigenvalue weighted by molar-refractivity contribution is -0.142. The highest BCUT2D eigenvalue weighted by Crippen LogP contribution is 2.55. The Kier molecular flexibility index (Phi) is 6.33. The molecule has 192 valence electrons. The van der Waals surface area contributed by atoms with Crippen LogP contribution in [0.1, 0.15) is 37.7 Å². The summed E-state index contributed by atoms with van der Waals surface area (Å²) in [6.45, 7) is 1.39. The molecule has 1 aromatic rings. The van der Waals surface area contributed by atoms with Gasteiger partial charge in [0.1, 0.15) is 0 Å². The fraction of sp³-hybridized carbons (Fsp3) is 0.370. The molecule has 1 saturated heterocycles. The lowest BCUT2D eigenvalue weighted by atomic mass is 9.59. The molecule has 1 heterocycles. The second kappa shape index (κ2) is 9.23. The molecular weight excluding hydrogens is 593 g/mol. The number of rotatable bonds is 5. The number of aromatic hydroxyl groups is 1. The summed E-state index contributed by atoms with van der Waals surface area (Å²) in [6, 6.07) is 3.36. The number of carbonyl (C=O) groups excluding carboxylic acids is 4. The van der Waals surface area contributed by atoms with Crippen molar-refractivity contribution < 1.29 is 38.9 Å². The Morgan fingerprint density at radius 1 is 1.16 bits per heavy atom. The van der Waals surface area contributed by atoms with Crippen LogP contribution in [0.15, 0.2) is 46.6 Å². The third-order valence-corrected chi connectivity index (χ3v) is 8.63. The normalized spacial score (nSPS) is 26.9. The minimum absolute atomic E-state index is 0.0427. The number of imide groups is 1. The molecule has 0 bridgehead atoms. The minimum atomic E-state index is -1.11. The summed E-state index contributed by atoms with van der Waals surface area (Å²) in [4.78, 5) is 65.3. The molecule has 4 atom stereocenters. The third kappa shape index (κ3) is 3.92. The Morgan fingerprint density at radius 2 is 1.89 bits per heavy atom. The number of carboxylic acid groups (broad SMARTS) is 1. The van der Waals surface area contributed by atoms with Crippen LogP contribution >= 0.6 is 22.6 Å². The van der Waals surface area contributed by atoms with Gasteiger partial charge in [0.2, 0.25) is 11.8 Å². The van der Waals surface area contributed by atoms with Crippen LogP contribution < -0.4 is 4.74 Å². The van der Waals surface area contributed by atoms with Crippen molar-refractivity contribution in [2.75, 3.05) is 13.7 Å². The van der Waals surface area contributed by atoms with Gasteiger partial charge in [0.05, 0.1) is 28.9 Å². The number of allylic oxidation sites excluding steroid dienone is 6. The van der Waals surface area contributed by atoms with Crippen molar-refractivity contribution in [2.24, 2.45) is 17.8 Å². The van der Waals surface area contributed by atoms with Gasteiger partial charge in [0, 0.05) is 29.2 Å². The van der Waals surface area contributed by atoms with E-state index in [2.05, 4.69) is 0 Å². The van der Waals surface area contributed by atoms with Gasteiger partial charge in [-0.25, -0.2) is 0 Å². The first-order valence-corrected chi connectivity index (χ1v) is 13.0. The zero-order valence-corrected chi connectivity index (χ0v) is 22.3. The molecule has 37 heavy (non-hydrogen) atoms. The van der Waals surface area contributed by atoms with Gasteiger partial charge >= 0.3 is 5.97 Å². The van der Waals surface area contributed by atoms with Crippen LogP contribution in [0.4, 0.5) is 0 Å². The second-order valence-corrected chi connectivity index (χ2v) is 10.9. The Balaban J connectivity index is 1.65. The van der Waals surface area contributed by atoms with Crippen molar-refractivity contribution in [1.82, 2.24) is 4.90 Å². The fourth-order valence-electron chi connectivity index (χ4n) is 6.15. The van der Waals surface area contributed by atoms with Crippen LogP contribution in [-0.4, -0.2) is 58.1 Å². The van der Waals surface area contributed by atoms with E-state index in [1.807, 2.05) is 28.7 Å². The van der Waals surface area contributed by atoms with Crippen LogP contribution in [0, 0.1) is 21.3 Å². The van der Waals surface area contributed by atoms with Crippen molar-refractivity contribution in [3.63, 3.8) is 0 Å². The summed E-state index contributed by atoms with van der Waals surface area (Å²) in [6.07, 6.45) is 3.28. The number of carbonyl (C=O) groups is 5. The van der Waals surface area contributed by atoms with E-state index in [0.717, 1.165) is 10.5 Å². The fourth-order valence-corrected chi connectivity index (χ4v) is 6.78. The molecule has 1 aliphatic heterocycles. The number of fused-ring (bicyclic) bond motifs is 3. The molecule has 1 aromatic carbocycles. The van der Waals surface area contributed by atoms with Gasteiger partial charge in [-0.05, 0) is 72.0 Å². The van der Waals surface area contributed by atoms with Crippen molar-refractivity contribution in [1.29, 1.82) is 0 Å². The lowest BCUT2D eigenvalue weighted by Gasteiger charge is -2.42. The number of ether oxygens (including phenoxy) is 1. The van der Waals surface area contributed by atoms with E-state index in [1.54, 1.807) is 19.1 Å². The maximum absolute atomic E-state index is 13.5. The summed E-state index contributed by atoms with van der Waals surface area (Å²) >= 11 is 1.97. The Morgan fingerprint density at radius 3 is 2.57 bits per heavy atom. The molecule has 0 spiro atoms. The first-order valence-electron chi connectivity index (χ1n) is 11.9. The van der Waals surface area contributed by atoms with E-state index >= 15 is 0 Å². The van der Waals surface area contributed by atoms with Crippen LogP contribution in [0.2, 0.25) is 0 Å². The number of phenolic OH excluding ortho intramolecular Hbond substituents is 1. The Bertz CT molecular complexity index is 1390.